The molecule has 0 saturated carbocycles. The van der Waals surface area contributed by atoms with E-state index in [4.69, 9.17) is 9.47 Å². The predicted molar refractivity (Wildman–Crippen MR) is 82.7 cm³/mol. The highest BCUT2D eigenvalue weighted by molar-refractivity contribution is 5.93. The molecule has 7 heteroatoms. The number of benzene rings is 1. The van der Waals surface area contributed by atoms with E-state index in [1.165, 1.54) is 18.4 Å². The van der Waals surface area contributed by atoms with Crippen LogP contribution in [0.3, 0.4) is 0 Å². The molecule has 0 atom stereocenters. The molecule has 120 valence electrons. The lowest BCUT2D eigenvalue weighted by atomic mass is 10.2. The SMILES string of the molecule is CCOc1ccc(/C=C/C(=O)OCC(=O)Nc2ccon2)cc1. The Bertz CT molecular complexity index is 662. The Kier molecular flexibility index (Phi) is 5.93. The second-order valence-electron chi connectivity index (χ2n) is 4.38. The molecule has 1 heterocycles. The topological polar surface area (TPSA) is 90.7 Å². The average Bonchev–Trinajstić information content (AvgIpc) is 3.05. The summed E-state index contributed by atoms with van der Waals surface area (Å²) in [5.74, 6) is -0.0939. The van der Waals surface area contributed by atoms with E-state index in [9.17, 15) is 9.59 Å². The Balaban J connectivity index is 1.76. The maximum atomic E-state index is 11.5. The molecular formula is C16H16N2O5. The highest BCUT2D eigenvalue weighted by Crippen LogP contribution is 2.13. The van der Waals surface area contributed by atoms with Gasteiger partial charge >= 0.3 is 5.97 Å². The Hall–Kier alpha value is -3.09. The highest BCUT2D eigenvalue weighted by atomic mass is 16.5. The first-order valence-electron chi connectivity index (χ1n) is 6.95. The number of rotatable bonds is 7. The quantitative estimate of drug-likeness (QED) is 0.622. The lowest BCUT2D eigenvalue weighted by Gasteiger charge is -2.03. The van der Waals surface area contributed by atoms with Gasteiger partial charge in [-0.3, -0.25) is 4.79 Å². The van der Waals surface area contributed by atoms with Crippen LogP contribution >= 0.6 is 0 Å². The minimum atomic E-state index is -0.616. The van der Waals surface area contributed by atoms with Crippen LogP contribution in [-0.4, -0.2) is 30.2 Å². The molecule has 0 bridgehead atoms. The van der Waals surface area contributed by atoms with Gasteiger partial charge in [0.15, 0.2) is 12.4 Å². The summed E-state index contributed by atoms with van der Waals surface area (Å²) in [5, 5.41) is 5.92. The van der Waals surface area contributed by atoms with E-state index in [0.29, 0.717) is 6.61 Å². The Morgan fingerprint density at radius 2 is 2.04 bits per heavy atom. The number of esters is 1. The lowest BCUT2D eigenvalue weighted by molar-refractivity contribution is -0.142. The van der Waals surface area contributed by atoms with Crippen molar-refractivity contribution >= 4 is 23.8 Å². The predicted octanol–water partition coefficient (Wildman–Crippen LogP) is 2.27. The van der Waals surface area contributed by atoms with E-state index < -0.39 is 18.5 Å². The third-order valence-corrected chi connectivity index (χ3v) is 2.65. The largest absolute Gasteiger partial charge is 0.494 e. The van der Waals surface area contributed by atoms with E-state index in [1.54, 1.807) is 18.2 Å². The van der Waals surface area contributed by atoms with Crippen molar-refractivity contribution in [2.75, 3.05) is 18.5 Å². The van der Waals surface area contributed by atoms with Gasteiger partial charge in [0.05, 0.1) is 6.61 Å². The van der Waals surface area contributed by atoms with E-state index in [-0.39, 0.29) is 5.82 Å². The van der Waals surface area contributed by atoms with E-state index in [0.717, 1.165) is 11.3 Å². The van der Waals surface area contributed by atoms with Gasteiger partial charge in [0.25, 0.3) is 5.91 Å². The first-order valence-corrected chi connectivity index (χ1v) is 6.95. The van der Waals surface area contributed by atoms with Gasteiger partial charge in [-0.25, -0.2) is 4.79 Å². The summed E-state index contributed by atoms with van der Waals surface area (Å²) in [6.45, 7) is 2.10. The van der Waals surface area contributed by atoms with Crippen molar-refractivity contribution in [1.82, 2.24) is 5.16 Å². The van der Waals surface area contributed by atoms with Gasteiger partial charge in [0, 0.05) is 12.1 Å². The van der Waals surface area contributed by atoms with Crippen molar-refractivity contribution in [2.45, 2.75) is 6.92 Å². The van der Waals surface area contributed by atoms with E-state index in [2.05, 4.69) is 15.0 Å². The first kappa shape index (κ1) is 16.3. The van der Waals surface area contributed by atoms with Crippen LogP contribution < -0.4 is 10.1 Å². The molecule has 0 aliphatic carbocycles. The van der Waals surface area contributed by atoms with Gasteiger partial charge in [-0.05, 0) is 30.7 Å². The molecule has 0 aliphatic heterocycles. The first-order chi connectivity index (χ1) is 11.2. The summed E-state index contributed by atoms with van der Waals surface area (Å²) in [4.78, 5) is 23.0. The van der Waals surface area contributed by atoms with Crippen LogP contribution in [0.5, 0.6) is 5.75 Å². The number of amides is 1. The normalized spacial score (nSPS) is 10.5. The number of nitrogens with zero attached hydrogens (tertiary/aromatic N) is 1. The molecule has 0 spiro atoms. The zero-order valence-corrected chi connectivity index (χ0v) is 12.5. The smallest absolute Gasteiger partial charge is 0.331 e. The summed E-state index contributed by atoms with van der Waals surface area (Å²) >= 11 is 0. The molecule has 0 unspecified atom stereocenters. The van der Waals surface area contributed by atoms with E-state index in [1.807, 2.05) is 19.1 Å². The zero-order chi connectivity index (χ0) is 16.5. The van der Waals surface area contributed by atoms with Gasteiger partial charge in [0.1, 0.15) is 12.0 Å². The third kappa shape index (κ3) is 5.66. The number of hydrogen-bond donors (Lipinski definition) is 1. The molecule has 0 radical (unpaired) electrons. The average molecular weight is 316 g/mol. The van der Waals surface area contributed by atoms with Crippen molar-refractivity contribution in [3.63, 3.8) is 0 Å². The summed E-state index contributed by atoms with van der Waals surface area (Å²) < 4.78 is 14.7. The fourth-order valence-corrected chi connectivity index (χ4v) is 1.65. The molecule has 1 aromatic heterocycles. The van der Waals surface area contributed by atoms with Crippen molar-refractivity contribution in [2.24, 2.45) is 0 Å². The minimum Gasteiger partial charge on any atom is -0.494 e. The van der Waals surface area contributed by atoms with Crippen LogP contribution in [0.1, 0.15) is 12.5 Å². The van der Waals surface area contributed by atoms with Crippen LogP contribution in [0.25, 0.3) is 6.08 Å². The summed E-state index contributed by atoms with van der Waals surface area (Å²) in [6.07, 6.45) is 4.16. The molecule has 0 saturated heterocycles. The lowest BCUT2D eigenvalue weighted by Crippen LogP contribution is -2.20. The van der Waals surface area contributed by atoms with Crippen LogP contribution in [0.4, 0.5) is 5.82 Å². The van der Waals surface area contributed by atoms with Gasteiger partial charge < -0.3 is 19.3 Å². The summed E-state index contributed by atoms with van der Waals surface area (Å²) in [5.41, 5.74) is 0.817. The molecule has 23 heavy (non-hydrogen) atoms. The van der Waals surface area contributed by atoms with Gasteiger partial charge in [-0.2, -0.15) is 0 Å². The number of carbonyl (C=O) groups excluding carboxylic acids is 2. The second kappa shape index (κ2) is 8.38. The van der Waals surface area contributed by atoms with Crippen molar-refractivity contribution in [3.8, 4) is 5.75 Å². The minimum absolute atomic E-state index is 0.260. The molecular weight excluding hydrogens is 300 g/mol. The van der Waals surface area contributed by atoms with Crippen LogP contribution in [-0.2, 0) is 14.3 Å². The monoisotopic (exact) mass is 316 g/mol. The molecule has 1 N–H and O–H groups in total. The number of hydrogen-bond acceptors (Lipinski definition) is 6. The second-order valence-corrected chi connectivity index (χ2v) is 4.38. The molecule has 1 aromatic carbocycles. The number of nitrogens with one attached hydrogen (secondary N) is 1. The molecule has 0 fully saturated rings. The Morgan fingerprint density at radius 1 is 1.26 bits per heavy atom. The van der Waals surface area contributed by atoms with Crippen molar-refractivity contribution in [3.05, 3.63) is 48.2 Å². The standard InChI is InChI=1S/C16H16N2O5/c1-2-21-13-6-3-12(4-7-13)5-8-16(20)22-11-15(19)17-14-9-10-23-18-14/h3-10H,2,11H2,1H3,(H,17,18,19)/b8-5+. The maximum absolute atomic E-state index is 11.5. The molecule has 2 aromatic rings. The van der Waals surface area contributed by atoms with E-state index >= 15 is 0 Å². The third-order valence-electron chi connectivity index (χ3n) is 2.65. The number of ether oxygens (including phenoxy) is 2. The Labute approximate surface area is 132 Å². The highest BCUT2D eigenvalue weighted by Gasteiger charge is 2.07. The summed E-state index contributed by atoms with van der Waals surface area (Å²) in [6, 6.07) is 8.71. The van der Waals surface area contributed by atoms with Crippen LogP contribution in [0.15, 0.2) is 47.2 Å². The van der Waals surface area contributed by atoms with Gasteiger partial charge in [-0.1, -0.05) is 17.3 Å². The fourth-order valence-electron chi connectivity index (χ4n) is 1.65. The van der Waals surface area contributed by atoms with Gasteiger partial charge in [0.2, 0.25) is 0 Å². The number of carbonyl (C=O) groups is 2. The maximum Gasteiger partial charge on any atom is 0.331 e. The molecule has 2 rings (SSSR count). The zero-order valence-electron chi connectivity index (χ0n) is 12.5. The van der Waals surface area contributed by atoms with Gasteiger partial charge in [-0.15, -0.1) is 0 Å². The van der Waals surface area contributed by atoms with Crippen molar-refractivity contribution < 1.29 is 23.6 Å². The van der Waals surface area contributed by atoms with Crippen LogP contribution in [0.2, 0.25) is 0 Å². The number of anilines is 1. The van der Waals surface area contributed by atoms with Crippen LogP contribution in [0, 0.1) is 0 Å². The number of aromatic nitrogens is 1. The Morgan fingerprint density at radius 3 is 2.70 bits per heavy atom. The fraction of sp³-hybridized carbons (Fsp3) is 0.188. The van der Waals surface area contributed by atoms with Crippen molar-refractivity contribution in [1.29, 1.82) is 0 Å². The molecule has 0 aliphatic rings. The molecule has 1 amide bonds. The summed E-state index contributed by atoms with van der Waals surface area (Å²) in [7, 11) is 0. The molecule has 7 nitrogen and oxygen atoms in total.